The molecule has 0 aliphatic carbocycles. The maximum atomic E-state index is 12.2. The Morgan fingerprint density at radius 3 is 2.10 bits per heavy atom. The number of amides is 1. The van der Waals surface area contributed by atoms with Crippen molar-refractivity contribution in [1.82, 2.24) is 5.32 Å². The van der Waals surface area contributed by atoms with Gasteiger partial charge in [0.05, 0.1) is 13.1 Å². The third kappa shape index (κ3) is 4.81. The van der Waals surface area contributed by atoms with Crippen molar-refractivity contribution in [3.8, 4) is 0 Å². The third-order valence-corrected chi connectivity index (χ3v) is 3.89. The molecule has 1 amide bonds. The minimum absolute atomic E-state index is 0.235. The molecule has 1 aromatic rings. The Labute approximate surface area is 135 Å². The highest BCUT2D eigenvalue weighted by Gasteiger charge is 2.41. The van der Waals surface area contributed by atoms with Gasteiger partial charge in [-0.2, -0.15) is 0 Å². The van der Waals surface area contributed by atoms with Crippen molar-refractivity contribution in [2.75, 3.05) is 13.1 Å². The first-order chi connectivity index (χ1) is 9.29. The maximum absolute atomic E-state index is 12.2. The monoisotopic (exact) mass is 337 g/mol. The van der Waals surface area contributed by atoms with Crippen LogP contribution in [0.25, 0.3) is 0 Å². The molecule has 112 valence electrons. The lowest BCUT2D eigenvalue weighted by molar-refractivity contribution is -0.923. The van der Waals surface area contributed by atoms with Crippen molar-refractivity contribution in [1.29, 1.82) is 0 Å². The maximum Gasteiger partial charge on any atom is 0.262 e. The zero-order valence-corrected chi connectivity index (χ0v) is 14.1. The summed E-state index contributed by atoms with van der Waals surface area (Å²) in [5.74, 6) is -0.235. The zero-order chi connectivity index (χ0) is 15.3. The van der Waals surface area contributed by atoms with E-state index in [-0.39, 0.29) is 5.91 Å². The summed E-state index contributed by atoms with van der Waals surface area (Å²) >= 11 is 18.0. The number of nitrogens with one attached hydrogen (secondary N) is 2. The molecule has 0 heterocycles. The van der Waals surface area contributed by atoms with E-state index in [1.807, 2.05) is 32.9 Å². The van der Waals surface area contributed by atoms with Crippen molar-refractivity contribution in [2.45, 2.75) is 30.7 Å². The van der Waals surface area contributed by atoms with Gasteiger partial charge in [-0.1, -0.05) is 52.5 Å². The molecule has 1 atom stereocenters. The largest absolute Gasteiger partial charge is 0.312 e. The predicted octanol–water partition coefficient (Wildman–Crippen LogP) is 2.35. The van der Waals surface area contributed by atoms with Crippen LogP contribution < -0.4 is 10.2 Å². The lowest BCUT2D eigenvalue weighted by Gasteiger charge is -2.31. The highest BCUT2D eigenvalue weighted by Crippen LogP contribution is 2.28. The van der Waals surface area contributed by atoms with Crippen LogP contribution >= 0.6 is 34.8 Å². The quantitative estimate of drug-likeness (QED) is 0.627. The van der Waals surface area contributed by atoms with Gasteiger partial charge >= 0.3 is 0 Å². The van der Waals surface area contributed by atoms with Crippen LogP contribution in [0.4, 0.5) is 0 Å². The Bertz CT molecular complexity index is 439. The summed E-state index contributed by atoms with van der Waals surface area (Å²) in [6.07, 6.45) is -0.587. The number of quaternary nitrogens is 1. The van der Waals surface area contributed by atoms with Crippen molar-refractivity contribution in [3.05, 3.63) is 35.4 Å². The third-order valence-electron chi connectivity index (χ3n) is 3.23. The van der Waals surface area contributed by atoms with E-state index in [1.54, 1.807) is 12.1 Å². The Kier molecular flexibility index (Phi) is 6.59. The second-order valence-electron chi connectivity index (χ2n) is 4.68. The molecule has 2 N–H and O–H groups in total. The second-order valence-corrected chi connectivity index (χ2v) is 7.05. The van der Waals surface area contributed by atoms with E-state index in [2.05, 4.69) is 5.32 Å². The molecule has 1 rings (SSSR count). The molecule has 0 saturated heterocycles. The fourth-order valence-corrected chi connectivity index (χ4v) is 2.62. The number of rotatable bonds is 5. The predicted molar refractivity (Wildman–Crippen MR) is 84.8 cm³/mol. The number of alkyl halides is 3. The number of carbonyl (C=O) groups is 1. The van der Waals surface area contributed by atoms with Gasteiger partial charge in [-0.25, -0.2) is 0 Å². The van der Waals surface area contributed by atoms with Crippen LogP contribution in [-0.4, -0.2) is 29.0 Å². The summed E-state index contributed by atoms with van der Waals surface area (Å²) in [7, 11) is 0. The molecule has 0 fully saturated rings. The number of benzene rings is 1. The van der Waals surface area contributed by atoms with Crippen molar-refractivity contribution in [3.63, 3.8) is 0 Å². The summed E-state index contributed by atoms with van der Waals surface area (Å²) in [6.45, 7) is 7.44. The van der Waals surface area contributed by atoms with Crippen molar-refractivity contribution < 1.29 is 9.69 Å². The van der Waals surface area contributed by atoms with E-state index >= 15 is 0 Å². The zero-order valence-electron chi connectivity index (χ0n) is 11.8. The van der Waals surface area contributed by atoms with Gasteiger partial charge in [0.1, 0.15) is 0 Å². The van der Waals surface area contributed by atoms with E-state index in [4.69, 9.17) is 34.8 Å². The number of hydrogen-bond donors (Lipinski definition) is 2. The Morgan fingerprint density at radius 1 is 1.20 bits per heavy atom. The lowest BCUT2D eigenvalue weighted by atomic mass is 10.1. The van der Waals surface area contributed by atoms with Gasteiger partial charge in [0.25, 0.3) is 9.70 Å². The number of hydrogen-bond acceptors (Lipinski definition) is 1. The molecule has 0 aliphatic heterocycles. The average molecular weight is 339 g/mol. The van der Waals surface area contributed by atoms with Crippen LogP contribution in [0.1, 0.15) is 29.8 Å². The number of halogens is 3. The van der Waals surface area contributed by atoms with Crippen LogP contribution in [0.15, 0.2) is 24.3 Å². The first-order valence-electron chi connectivity index (χ1n) is 6.58. The van der Waals surface area contributed by atoms with Gasteiger partial charge in [-0.3, -0.25) is 10.1 Å². The lowest BCUT2D eigenvalue weighted by Crippen LogP contribution is -3.18. The van der Waals surface area contributed by atoms with E-state index < -0.39 is 9.96 Å². The molecule has 20 heavy (non-hydrogen) atoms. The highest BCUT2D eigenvalue weighted by atomic mass is 35.6. The van der Waals surface area contributed by atoms with Crippen molar-refractivity contribution in [2.24, 2.45) is 0 Å². The summed E-state index contributed by atoms with van der Waals surface area (Å²) in [5.41, 5.74) is 1.65. The van der Waals surface area contributed by atoms with Gasteiger partial charge in [-0.05, 0) is 32.9 Å². The van der Waals surface area contributed by atoms with Gasteiger partial charge in [-0.15, -0.1) is 0 Å². The standard InChI is InChI=1S/C14H19Cl3N2O/c1-4-19(5-2)13(14(15,16)17)18-12(20)11-8-6-10(3)7-9-11/h6-9,13H,4-5H2,1-3H3,(H,18,20)/p+1. The summed E-state index contributed by atoms with van der Waals surface area (Å²) < 4.78 is -1.55. The molecule has 1 aromatic carbocycles. The van der Waals surface area contributed by atoms with E-state index in [9.17, 15) is 4.79 Å². The molecule has 0 spiro atoms. The van der Waals surface area contributed by atoms with Crippen LogP contribution in [-0.2, 0) is 0 Å². The Morgan fingerprint density at radius 2 is 1.70 bits per heavy atom. The Hall–Kier alpha value is -0.480. The van der Waals surface area contributed by atoms with Crippen LogP contribution in [0.3, 0.4) is 0 Å². The molecule has 0 radical (unpaired) electrons. The number of aryl methyl sites for hydroxylation is 1. The molecule has 1 unspecified atom stereocenters. The first-order valence-corrected chi connectivity index (χ1v) is 7.71. The summed E-state index contributed by atoms with van der Waals surface area (Å²) in [5, 5.41) is 2.82. The summed E-state index contributed by atoms with van der Waals surface area (Å²) in [4.78, 5) is 13.3. The molecule has 0 bridgehead atoms. The van der Waals surface area contributed by atoms with E-state index in [1.165, 1.54) is 0 Å². The van der Waals surface area contributed by atoms with Gasteiger partial charge in [0.2, 0.25) is 6.17 Å². The van der Waals surface area contributed by atoms with E-state index in [0.29, 0.717) is 5.56 Å². The Balaban J connectivity index is 2.89. The second kappa shape index (κ2) is 7.51. The van der Waals surface area contributed by atoms with Crippen LogP contribution in [0.2, 0.25) is 0 Å². The van der Waals surface area contributed by atoms with Crippen LogP contribution in [0, 0.1) is 6.92 Å². The van der Waals surface area contributed by atoms with Gasteiger partial charge < -0.3 is 4.90 Å². The smallest absolute Gasteiger partial charge is 0.262 e. The molecule has 0 aliphatic rings. The molecule has 0 saturated carbocycles. The first kappa shape index (κ1) is 17.6. The topological polar surface area (TPSA) is 33.5 Å². The fraction of sp³-hybridized carbons (Fsp3) is 0.500. The highest BCUT2D eigenvalue weighted by molar-refractivity contribution is 6.68. The number of carbonyl (C=O) groups excluding carboxylic acids is 1. The van der Waals surface area contributed by atoms with Gasteiger partial charge in [0.15, 0.2) is 0 Å². The van der Waals surface area contributed by atoms with Gasteiger partial charge in [0, 0.05) is 5.56 Å². The molecule has 6 heteroatoms. The van der Waals surface area contributed by atoms with Crippen molar-refractivity contribution >= 4 is 40.7 Å². The average Bonchev–Trinajstić information content (AvgIpc) is 2.38. The summed E-state index contributed by atoms with van der Waals surface area (Å²) in [6, 6.07) is 7.28. The normalized spacial score (nSPS) is 13.3. The minimum atomic E-state index is -1.55. The van der Waals surface area contributed by atoms with Crippen LogP contribution in [0.5, 0.6) is 0 Å². The molecular weight excluding hydrogens is 319 g/mol. The molecule has 0 aromatic heterocycles. The van der Waals surface area contributed by atoms with E-state index in [0.717, 1.165) is 23.6 Å². The SMILES string of the molecule is CC[NH+](CC)C(NC(=O)c1ccc(C)cc1)C(Cl)(Cl)Cl. The minimum Gasteiger partial charge on any atom is -0.312 e. The molecule has 3 nitrogen and oxygen atoms in total. The fourth-order valence-electron chi connectivity index (χ4n) is 1.99. The molecular formula is C14H20Cl3N2O+.